The van der Waals surface area contributed by atoms with Crippen LogP contribution in [0.1, 0.15) is 23.2 Å². The maximum absolute atomic E-state index is 11.7. The maximum Gasteiger partial charge on any atom is 0.227 e. The lowest BCUT2D eigenvalue weighted by atomic mass is 10.1. The predicted molar refractivity (Wildman–Crippen MR) is 101 cm³/mol. The lowest BCUT2D eigenvalue weighted by molar-refractivity contribution is 0.600. The molecule has 3 rings (SSSR count). The summed E-state index contributed by atoms with van der Waals surface area (Å²) in [6.07, 6.45) is 0.621. The molecule has 134 valence electrons. The van der Waals surface area contributed by atoms with Gasteiger partial charge in [-0.25, -0.2) is 13.4 Å². The van der Waals surface area contributed by atoms with E-state index in [-0.39, 0.29) is 17.5 Å². The summed E-state index contributed by atoms with van der Waals surface area (Å²) in [4.78, 5) is 11.0. The molecular formula is C18H24N4O2S. The zero-order valence-corrected chi connectivity index (χ0v) is 15.9. The van der Waals surface area contributed by atoms with Crippen LogP contribution >= 0.6 is 0 Å². The number of nitrogens with one attached hydrogen (secondary N) is 1. The molecule has 25 heavy (non-hydrogen) atoms. The Morgan fingerprint density at radius 3 is 2.36 bits per heavy atom. The average molecular weight is 360 g/mol. The van der Waals surface area contributed by atoms with E-state index in [2.05, 4.69) is 47.3 Å². The fourth-order valence-corrected chi connectivity index (χ4v) is 4.99. The molecule has 0 radical (unpaired) electrons. The Bertz CT molecular complexity index is 876. The van der Waals surface area contributed by atoms with Crippen molar-refractivity contribution in [3.8, 4) is 0 Å². The van der Waals surface area contributed by atoms with Crippen LogP contribution in [0.4, 0.5) is 17.5 Å². The van der Waals surface area contributed by atoms with E-state index in [4.69, 9.17) is 0 Å². The van der Waals surface area contributed by atoms with Crippen molar-refractivity contribution in [2.45, 2.75) is 33.2 Å². The number of sulfone groups is 1. The zero-order chi connectivity index (χ0) is 18.2. The zero-order valence-electron chi connectivity index (χ0n) is 15.1. The van der Waals surface area contributed by atoms with Crippen molar-refractivity contribution < 1.29 is 8.42 Å². The molecule has 0 bridgehead atoms. The number of anilines is 3. The molecular weight excluding hydrogens is 336 g/mol. The lowest BCUT2D eigenvalue weighted by Gasteiger charge is -2.24. The summed E-state index contributed by atoms with van der Waals surface area (Å²) in [5.74, 6) is 1.66. The van der Waals surface area contributed by atoms with Gasteiger partial charge in [-0.3, -0.25) is 0 Å². The Morgan fingerprint density at radius 2 is 1.76 bits per heavy atom. The highest BCUT2D eigenvalue weighted by atomic mass is 32.2. The number of hydrogen-bond acceptors (Lipinski definition) is 6. The van der Waals surface area contributed by atoms with Crippen LogP contribution in [-0.4, -0.2) is 43.0 Å². The molecule has 1 aromatic heterocycles. The number of aromatic nitrogens is 2. The van der Waals surface area contributed by atoms with Gasteiger partial charge in [-0.1, -0.05) is 6.07 Å². The molecule has 0 aliphatic carbocycles. The minimum Gasteiger partial charge on any atom is -0.340 e. The third-order valence-corrected chi connectivity index (χ3v) is 6.16. The molecule has 6 nitrogen and oxygen atoms in total. The second kappa shape index (κ2) is 6.63. The van der Waals surface area contributed by atoms with Crippen molar-refractivity contribution in [3.05, 3.63) is 41.1 Å². The standard InChI is InChI=1S/C18H24N4O2S/c1-12-7-13(2)9-15(8-12)20-17-10-14(3)19-18(21-17)22(4)16-5-6-25(23,24)11-16/h7-10,16H,5-6,11H2,1-4H3,(H,19,20,21). The Labute approximate surface area is 149 Å². The van der Waals surface area contributed by atoms with Gasteiger partial charge in [0.2, 0.25) is 5.95 Å². The molecule has 1 fully saturated rings. The van der Waals surface area contributed by atoms with Crippen molar-refractivity contribution in [2.24, 2.45) is 0 Å². The highest BCUT2D eigenvalue weighted by molar-refractivity contribution is 7.91. The van der Waals surface area contributed by atoms with Crippen LogP contribution in [0.15, 0.2) is 24.3 Å². The molecule has 1 unspecified atom stereocenters. The summed E-state index contributed by atoms with van der Waals surface area (Å²) >= 11 is 0. The molecule has 1 aliphatic heterocycles. The van der Waals surface area contributed by atoms with Gasteiger partial charge in [0.05, 0.1) is 11.5 Å². The van der Waals surface area contributed by atoms with Crippen LogP contribution in [0, 0.1) is 20.8 Å². The number of aryl methyl sites for hydroxylation is 3. The van der Waals surface area contributed by atoms with E-state index in [9.17, 15) is 8.42 Å². The SMILES string of the molecule is Cc1cc(C)cc(Nc2cc(C)nc(N(C)C3CCS(=O)(=O)C3)n2)c1. The molecule has 2 heterocycles. The molecule has 2 aromatic rings. The van der Waals surface area contributed by atoms with Crippen molar-refractivity contribution in [2.75, 3.05) is 28.8 Å². The molecule has 0 amide bonds. The first-order valence-corrected chi connectivity index (χ1v) is 10.2. The van der Waals surface area contributed by atoms with Crippen molar-refractivity contribution >= 4 is 27.3 Å². The molecule has 1 atom stereocenters. The number of hydrogen-bond donors (Lipinski definition) is 1. The molecule has 1 aromatic carbocycles. The van der Waals surface area contributed by atoms with Gasteiger partial charge in [0, 0.05) is 30.5 Å². The minimum absolute atomic E-state index is 0.0686. The Balaban J connectivity index is 1.85. The highest BCUT2D eigenvalue weighted by Crippen LogP contribution is 2.24. The number of nitrogens with zero attached hydrogens (tertiary/aromatic N) is 3. The third-order valence-electron chi connectivity index (χ3n) is 4.41. The third kappa shape index (κ3) is 4.28. The highest BCUT2D eigenvalue weighted by Gasteiger charge is 2.31. The Hall–Kier alpha value is -2.15. The first-order valence-electron chi connectivity index (χ1n) is 8.36. The fraction of sp³-hybridized carbons (Fsp3) is 0.444. The van der Waals surface area contributed by atoms with E-state index >= 15 is 0 Å². The summed E-state index contributed by atoms with van der Waals surface area (Å²) in [6, 6.07) is 8.08. The maximum atomic E-state index is 11.7. The fourth-order valence-electron chi connectivity index (χ4n) is 3.21. The molecule has 1 N–H and O–H groups in total. The first-order chi connectivity index (χ1) is 11.7. The Kier molecular flexibility index (Phi) is 4.69. The van der Waals surface area contributed by atoms with E-state index in [0.717, 1.165) is 11.4 Å². The second-order valence-corrected chi connectivity index (χ2v) is 9.09. The molecule has 0 spiro atoms. The molecule has 0 saturated carbocycles. The van der Waals surface area contributed by atoms with E-state index in [0.29, 0.717) is 18.2 Å². The summed E-state index contributed by atoms with van der Waals surface area (Å²) in [5, 5.41) is 3.33. The number of benzene rings is 1. The summed E-state index contributed by atoms with van der Waals surface area (Å²) in [5.41, 5.74) is 4.18. The van der Waals surface area contributed by atoms with Gasteiger partial charge >= 0.3 is 0 Å². The largest absolute Gasteiger partial charge is 0.340 e. The summed E-state index contributed by atoms with van der Waals surface area (Å²) in [6.45, 7) is 6.03. The van der Waals surface area contributed by atoms with Gasteiger partial charge in [-0.05, 0) is 50.5 Å². The molecule has 1 aliphatic rings. The quantitative estimate of drug-likeness (QED) is 0.904. The van der Waals surface area contributed by atoms with Crippen LogP contribution in [-0.2, 0) is 9.84 Å². The van der Waals surface area contributed by atoms with E-state index in [1.54, 1.807) is 0 Å². The van der Waals surface area contributed by atoms with E-state index in [1.165, 1.54) is 11.1 Å². The van der Waals surface area contributed by atoms with Crippen LogP contribution in [0.2, 0.25) is 0 Å². The lowest BCUT2D eigenvalue weighted by Crippen LogP contribution is -2.34. The van der Waals surface area contributed by atoms with E-state index < -0.39 is 9.84 Å². The van der Waals surface area contributed by atoms with Gasteiger partial charge in [-0.15, -0.1) is 0 Å². The van der Waals surface area contributed by atoms with Crippen molar-refractivity contribution in [3.63, 3.8) is 0 Å². The van der Waals surface area contributed by atoms with Gasteiger partial charge in [0.25, 0.3) is 0 Å². The van der Waals surface area contributed by atoms with Gasteiger partial charge < -0.3 is 10.2 Å². The summed E-state index contributed by atoms with van der Waals surface area (Å²) in [7, 11) is -1.08. The smallest absolute Gasteiger partial charge is 0.227 e. The molecule has 7 heteroatoms. The van der Waals surface area contributed by atoms with Crippen LogP contribution < -0.4 is 10.2 Å². The van der Waals surface area contributed by atoms with Crippen LogP contribution in [0.25, 0.3) is 0 Å². The Morgan fingerprint density at radius 1 is 1.08 bits per heavy atom. The van der Waals surface area contributed by atoms with Gasteiger partial charge in [-0.2, -0.15) is 4.98 Å². The summed E-state index contributed by atoms with van der Waals surface area (Å²) < 4.78 is 23.5. The van der Waals surface area contributed by atoms with Crippen molar-refractivity contribution in [1.82, 2.24) is 9.97 Å². The van der Waals surface area contributed by atoms with Crippen molar-refractivity contribution in [1.29, 1.82) is 0 Å². The van der Waals surface area contributed by atoms with Crippen LogP contribution in [0.5, 0.6) is 0 Å². The van der Waals surface area contributed by atoms with Gasteiger partial charge in [0.1, 0.15) is 5.82 Å². The monoisotopic (exact) mass is 360 g/mol. The minimum atomic E-state index is -2.94. The normalized spacial score (nSPS) is 19.0. The number of rotatable bonds is 4. The predicted octanol–water partition coefficient (Wildman–Crippen LogP) is 2.77. The second-order valence-electron chi connectivity index (χ2n) is 6.86. The topological polar surface area (TPSA) is 75.2 Å². The van der Waals surface area contributed by atoms with E-state index in [1.807, 2.05) is 24.9 Å². The van der Waals surface area contributed by atoms with Crippen LogP contribution in [0.3, 0.4) is 0 Å². The van der Waals surface area contributed by atoms with Gasteiger partial charge in [0.15, 0.2) is 9.84 Å². The average Bonchev–Trinajstić information content (AvgIpc) is 2.85. The first kappa shape index (κ1) is 17.7. The molecule has 1 saturated heterocycles.